The van der Waals surface area contributed by atoms with Gasteiger partial charge in [-0.25, -0.2) is 0 Å². The summed E-state index contributed by atoms with van der Waals surface area (Å²) >= 11 is 0. The van der Waals surface area contributed by atoms with Gasteiger partial charge in [-0.1, -0.05) is 12.1 Å². The highest BCUT2D eigenvalue weighted by molar-refractivity contribution is 6.00. The normalized spacial score (nSPS) is 10.0. The predicted octanol–water partition coefficient (Wildman–Crippen LogP) is 1.71. The Morgan fingerprint density at radius 3 is 2.39 bits per heavy atom. The fourth-order valence-corrected chi connectivity index (χ4v) is 2.30. The largest absolute Gasteiger partial charge is 0.493 e. The second-order valence-electron chi connectivity index (χ2n) is 5.75. The lowest BCUT2D eigenvalue weighted by molar-refractivity contribution is -0.118. The average molecular weight is 385 g/mol. The maximum Gasteiger partial charge on any atom is 0.255 e. The molecule has 148 valence electrons. The number of hydrogen-bond acceptors (Lipinski definition) is 5. The van der Waals surface area contributed by atoms with Crippen LogP contribution in [0.1, 0.15) is 23.7 Å². The Morgan fingerprint density at radius 1 is 1.00 bits per heavy atom. The van der Waals surface area contributed by atoms with Gasteiger partial charge in [0.15, 0.2) is 0 Å². The number of ether oxygens (including phenoxy) is 2. The van der Waals surface area contributed by atoms with Crippen LogP contribution in [-0.2, 0) is 9.59 Å². The molecule has 0 unspecified atom stereocenters. The number of benzene rings is 2. The molecule has 0 aromatic heterocycles. The van der Waals surface area contributed by atoms with Crippen molar-refractivity contribution in [2.45, 2.75) is 13.3 Å². The Labute approximate surface area is 163 Å². The molecule has 0 aliphatic heterocycles. The van der Waals surface area contributed by atoms with E-state index in [9.17, 15) is 14.4 Å². The fourth-order valence-electron chi connectivity index (χ4n) is 2.30. The number of amides is 3. The topological polar surface area (TPSA) is 120 Å². The van der Waals surface area contributed by atoms with Crippen LogP contribution in [0.5, 0.6) is 11.5 Å². The first-order valence-electron chi connectivity index (χ1n) is 8.80. The Kier molecular flexibility index (Phi) is 7.83. The molecule has 4 N–H and O–H groups in total. The molecule has 0 saturated heterocycles. The molecule has 2 aromatic carbocycles. The molecule has 8 nitrogen and oxygen atoms in total. The first kappa shape index (κ1) is 20.8. The van der Waals surface area contributed by atoms with Crippen LogP contribution < -0.4 is 25.8 Å². The first-order chi connectivity index (χ1) is 13.5. The third-order valence-corrected chi connectivity index (χ3v) is 3.60. The zero-order chi connectivity index (χ0) is 20.4. The van der Waals surface area contributed by atoms with Crippen LogP contribution in [0.15, 0.2) is 48.5 Å². The summed E-state index contributed by atoms with van der Waals surface area (Å²) in [7, 11) is 0. The van der Waals surface area contributed by atoms with E-state index in [-0.39, 0.29) is 25.5 Å². The summed E-state index contributed by atoms with van der Waals surface area (Å²) in [5, 5.41) is 5.24. The molecule has 8 heteroatoms. The molecule has 3 amide bonds. The number of para-hydroxylation sites is 1. The Hall–Kier alpha value is -3.55. The van der Waals surface area contributed by atoms with Gasteiger partial charge < -0.3 is 25.8 Å². The van der Waals surface area contributed by atoms with Gasteiger partial charge in [-0.15, -0.1) is 0 Å². The van der Waals surface area contributed by atoms with Crippen molar-refractivity contribution in [2.24, 2.45) is 5.73 Å². The number of carbonyl (C=O) groups excluding carboxylic acids is 3. The van der Waals surface area contributed by atoms with Crippen LogP contribution in [0, 0.1) is 0 Å². The number of carbonyl (C=O) groups is 3. The van der Waals surface area contributed by atoms with Gasteiger partial charge in [-0.05, 0) is 43.3 Å². The minimum absolute atomic E-state index is 0.130. The van der Waals surface area contributed by atoms with Gasteiger partial charge in [0.05, 0.1) is 31.7 Å². The molecule has 2 aromatic rings. The molecule has 0 fully saturated rings. The number of hydrogen-bond donors (Lipinski definition) is 3. The molecule has 0 spiro atoms. The molecule has 0 heterocycles. The number of primary amides is 1. The average Bonchev–Trinajstić information content (AvgIpc) is 2.68. The molecular formula is C20H23N3O5. The zero-order valence-electron chi connectivity index (χ0n) is 15.6. The van der Waals surface area contributed by atoms with Gasteiger partial charge in [0.1, 0.15) is 11.5 Å². The minimum Gasteiger partial charge on any atom is -0.493 e. The molecule has 28 heavy (non-hydrogen) atoms. The lowest BCUT2D eigenvalue weighted by Gasteiger charge is -2.11. The van der Waals surface area contributed by atoms with Crippen LogP contribution in [0.4, 0.5) is 5.69 Å². The van der Waals surface area contributed by atoms with Crippen LogP contribution in [0.3, 0.4) is 0 Å². The number of anilines is 1. The van der Waals surface area contributed by atoms with E-state index in [2.05, 4.69) is 10.6 Å². The monoisotopic (exact) mass is 385 g/mol. The Bertz CT molecular complexity index is 821. The van der Waals surface area contributed by atoms with E-state index >= 15 is 0 Å². The lowest BCUT2D eigenvalue weighted by Crippen LogP contribution is -2.33. The molecule has 0 atom stereocenters. The van der Waals surface area contributed by atoms with Crippen LogP contribution in [0.2, 0.25) is 0 Å². The molecule has 0 radical (unpaired) electrons. The summed E-state index contributed by atoms with van der Waals surface area (Å²) in [5.74, 6) is -0.174. The predicted molar refractivity (Wildman–Crippen MR) is 104 cm³/mol. The van der Waals surface area contributed by atoms with Gasteiger partial charge in [-0.3, -0.25) is 14.4 Å². The highest BCUT2D eigenvalue weighted by Gasteiger charge is 2.13. The molecular weight excluding hydrogens is 362 g/mol. The highest BCUT2D eigenvalue weighted by atomic mass is 16.5. The zero-order valence-corrected chi connectivity index (χ0v) is 15.6. The van der Waals surface area contributed by atoms with Crippen molar-refractivity contribution in [1.29, 1.82) is 0 Å². The van der Waals surface area contributed by atoms with Crippen molar-refractivity contribution in [3.05, 3.63) is 54.1 Å². The van der Waals surface area contributed by atoms with Crippen molar-refractivity contribution in [2.75, 3.05) is 25.1 Å². The van der Waals surface area contributed by atoms with Crippen molar-refractivity contribution in [1.82, 2.24) is 5.32 Å². The quantitative estimate of drug-likeness (QED) is 0.575. The van der Waals surface area contributed by atoms with Crippen molar-refractivity contribution in [3.63, 3.8) is 0 Å². The van der Waals surface area contributed by atoms with E-state index in [0.717, 1.165) is 0 Å². The van der Waals surface area contributed by atoms with Crippen molar-refractivity contribution in [3.8, 4) is 11.5 Å². The van der Waals surface area contributed by atoms with Crippen LogP contribution in [0.25, 0.3) is 0 Å². The Morgan fingerprint density at radius 2 is 1.71 bits per heavy atom. The molecule has 0 aliphatic rings. The summed E-state index contributed by atoms with van der Waals surface area (Å²) in [6.07, 6.45) is 0.130. The van der Waals surface area contributed by atoms with Gasteiger partial charge in [0.25, 0.3) is 5.91 Å². The van der Waals surface area contributed by atoms with Gasteiger partial charge in [-0.2, -0.15) is 0 Å². The van der Waals surface area contributed by atoms with E-state index in [1.165, 1.54) is 0 Å². The first-order valence-corrected chi connectivity index (χ1v) is 8.80. The highest BCUT2D eigenvalue weighted by Crippen LogP contribution is 2.18. The van der Waals surface area contributed by atoms with E-state index in [1.54, 1.807) is 48.5 Å². The van der Waals surface area contributed by atoms with Crippen LogP contribution >= 0.6 is 0 Å². The van der Waals surface area contributed by atoms with Gasteiger partial charge >= 0.3 is 0 Å². The summed E-state index contributed by atoms with van der Waals surface area (Å²) in [4.78, 5) is 35.0. The van der Waals surface area contributed by atoms with Crippen molar-refractivity contribution >= 4 is 23.4 Å². The van der Waals surface area contributed by atoms with E-state index in [0.29, 0.717) is 29.4 Å². The van der Waals surface area contributed by atoms with Gasteiger partial charge in [0.2, 0.25) is 11.8 Å². The molecule has 0 aliphatic carbocycles. The maximum absolute atomic E-state index is 12.3. The molecule has 0 saturated carbocycles. The fraction of sp³-hybridized carbons (Fsp3) is 0.250. The molecule has 0 bridgehead atoms. The SMILES string of the molecule is CCOc1ccccc1C(=O)NCC(=O)Nc1ccc(OCCC(N)=O)cc1. The summed E-state index contributed by atoms with van der Waals surface area (Å²) in [6, 6.07) is 13.5. The van der Waals surface area contributed by atoms with Crippen molar-refractivity contribution < 1.29 is 23.9 Å². The second kappa shape index (κ2) is 10.6. The van der Waals surface area contributed by atoms with Gasteiger partial charge in [0, 0.05) is 5.69 Å². The molecule has 2 rings (SSSR count). The van der Waals surface area contributed by atoms with E-state index in [1.807, 2.05) is 6.92 Å². The third kappa shape index (κ3) is 6.64. The second-order valence-corrected chi connectivity index (χ2v) is 5.75. The third-order valence-electron chi connectivity index (χ3n) is 3.60. The standard InChI is InChI=1S/C20H23N3O5/c1-2-27-17-6-4-3-5-16(17)20(26)22-13-19(25)23-14-7-9-15(10-8-14)28-12-11-18(21)24/h3-10H,2,11-13H2,1H3,(H2,21,24)(H,22,26)(H,23,25). The summed E-state index contributed by atoms with van der Waals surface area (Å²) in [6.45, 7) is 2.27. The summed E-state index contributed by atoms with van der Waals surface area (Å²) in [5.41, 5.74) is 5.96. The Balaban J connectivity index is 1.82. The smallest absolute Gasteiger partial charge is 0.255 e. The maximum atomic E-state index is 12.3. The van der Waals surface area contributed by atoms with E-state index in [4.69, 9.17) is 15.2 Å². The number of nitrogens with two attached hydrogens (primary N) is 1. The number of nitrogens with one attached hydrogen (secondary N) is 2. The summed E-state index contributed by atoms with van der Waals surface area (Å²) < 4.78 is 10.8. The van der Waals surface area contributed by atoms with Crippen LogP contribution in [-0.4, -0.2) is 37.5 Å². The van der Waals surface area contributed by atoms with E-state index < -0.39 is 11.8 Å². The lowest BCUT2D eigenvalue weighted by atomic mass is 10.2. The minimum atomic E-state index is -0.435. The number of rotatable bonds is 10.